The molecule has 27 heavy (non-hydrogen) atoms. The Morgan fingerprint density at radius 1 is 1.33 bits per heavy atom. The van der Waals surface area contributed by atoms with Gasteiger partial charge in [0, 0.05) is 29.4 Å². The van der Waals surface area contributed by atoms with Crippen LogP contribution in [0.4, 0.5) is 9.93 Å². The summed E-state index contributed by atoms with van der Waals surface area (Å²) in [6, 6.07) is 3.10. The highest BCUT2D eigenvalue weighted by atomic mass is 32.1. The van der Waals surface area contributed by atoms with Gasteiger partial charge in [-0.3, -0.25) is 19.5 Å². The van der Waals surface area contributed by atoms with Crippen LogP contribution in [-0.4, -0.2) is 45.3 Å². The Morgan fingerprint density at radius 2 is 2.19 bits per heavy atom. The highest BCUT2D eigenvalue weighted by Crippen LogP contribution is 2.29. The quantitative estimate of drug-likeness (QED) is 0.840. The fourth-order valence-electron chi connectivity index (χ4n) is 3.57. The standard InChI is InChI=1S/C18H19N5O3S/c24-15(22-17-20-14(10-27-17)11-4-3-7-19-8-11)9-23-16(25)12-5-1-2-6-13(12)21-18(23)26/h3-4,7-8,10,12-13H,1-2,5-6,9H2,(H,21,26)(H,20,22,24). The Morgan fingerprint density at radius 3 is 3.00 bits per heavy atom. The molecule has 2 aliphatic rings. The Hall–Kier alpha value is -2.81. The average Bonchev–Trinajstić information content (AvgIpc) is 3.14. The first kappa shape index (κ1) is 17.6. The molecule has 2 fully saturated rings. The molecule has 0 aromatic carbocycles. The first-order valence-corrected chi connectivity index (χ1v) is 9.77. The van der Waals surface area contributed by atoms with Crippen LogP contribution in [0.25, 0.3) is 11.3 Å². The molecule has 2 N–H and O–H groups in total. The van der Waals surface area contributed by atoms with Crippen LogP contribution >= 0.6 is 11.3 Å². The Kier molecular flexibility index (Phi) is 4.85. The lowest BCUT2D eigenvalue weighted by molar-refractivity contribution is -0.138. The summed E-state index contributed by atoms with van der Waals surface area (Å²) in [5.41, 5.74) is 1.56. The van der Waals surface area contributed by atoms with Crippen molar-refractivity contribution in [1.82, 2.24) is 20.2 Å². The third kappa shape index (κ3) is 3.68. The number of amides is 4. The highest BCUT2D eigenvalue weighted by Gasteiger charge is 2.42. The number of fused-ring (bicyclic) bond motifs is 1. The number of pyridine rings is 1. The van der Waals surface area contributed by atoms with Crippen molar-refractivity contribution < 1.29 is 14.4 Å². The molecule has 4 amide bonds. The maximum atomic E-state index is 12.6. The van der Waals surface area contributed by atoms with E-state index in [1.165, 1.54) is 11.3 Å². The molecule has 9 heteroatoms. The van der Waals surface area contributed by atoms with Crippen molar-refractivity contribution in [2.24, 2.45) is 5.92 Å². The van der Waals surface area contributed by atoms with Crippen molar-refractivity contribution in [3.05, 3.63) is 29.9 Å². The van der Waals surface area contributed by atoms with E-state index >= 15 is 0 Å². The van der Waals surface area contributed by atoms with E-state index in [9.17, 15) is 14.4 Å². The summed E-state index contributed by atoms with van der Waals surface area (Å²) in [6.07, 6.45) is 6.92. The van der Waals surface area contributed by atoms with E-state index in [1.807, 2.05) is 17.5 Å². The first-order chi connectivity index (χ1) is 13.1. The van der Waals surface area contributed by atoms with Gasteiger partial charge in [-0.2, -0.15) is 0 Å². The van der Waals surface area contributed by atoms with E-state index in [4.69, 9.17) is 0 Å². The number of anilines is 1. The molecule has 2 aromatic heterocycles. The van der Waals surface area contributed by atoms with Gasteiger partial charge >= 0.3 is 6.03 Å². The van der Waals surface area contributed by atoms with E-state index in [-0.39, 0.29) is 24.4 Å². The molecule has 2 unspecified atom stereocenters. The molecular weight excluding hydrogens is 366 g/mol. The van der Waals surface area contributed by atoms with Crippen molar-refractivity contribution in [2.45, 2.75) is 31.7 Å². The zero-order chi connectivity index (χ0) is 18.8. The summed E-state index contributed by atoms with van der Waals surface area (Å²) in [7, 11) is 0. The Balaban J connectivity index is 1.40. The van der Waals surface area contributed by atoms with E-state index < -0.39 is 11.9 Å². The first-order valence-electron chi connectivity index (χ1n) is 8.89. The lowest BCUT2D eigenvalue weighted by Gasteiger charge is -2.39. The summed E-state index contributed by atoms with van der Waals surface area (Å²) in [5, 5.41) is 7.76. The number of carbonyl (C=O) groups is 3. The van der Waals surface area contributed by atoms with Crippen LogP contribution in [-0.2, 0) is 9.59 Å². The minimum atomic E-state index is -0.492. The molecule has 0 bridgehead atoms. The SMILES string of the molecule is O=C(CN1C(=O)NC2CCCCC2C1=O)Nc1nc(-c2cccnc2)cs1. The van der Waals surface area contributed by atoms with Crippen LogP contribution in [0.5, 0.6) is 0 Å². The number of hydrogen-bond donors (Lipinski definition) is 2. The van der Waals surface area contributed by atoms with Crippen LogP contribution in [0, 0.1) is 5.92 Å². The fraction of sp³-hybridized carbons (Fsp3) is 0.389. The number of rotatable bonds is 4. The maximum absolute atomic E-state index is 12.6. The van der Waals surface area contributed by atoms with Crippen molar-refractivity contribution >= 4 is 34.3 Å². The Labute approximate surface area is 160 Å². The van der Waals surface area contributed by atoms with Crippen LogP contribution in [0.1, 0.15) is 25.7 Å². The van der Waals surface area contributed by atoms with E-state index in [0.29, 0.717) is 10.8 Å². The minimum absolute atomic E-state index is 0.0981. The molecule has 1 aliphatic carbocycles. The number of nitrogens with zero attached hydrogens (tertiary/aromatic N) is 3. The van der Waals surface area contributed by atoms with Gasteiger partial charge in [0.25, 0.3) is 0 Å². The van der Waals surface area contributed by atoms with Crippen LogP contribution < -0.4 is 10.6 Å². The van der Waals surface area contributed by atoms with E-state index in [2.05, 4.69) is 20.6 Å². The number of hydrogen-bond acceptors (Lipinski definition) is 6. The smallest absolute Gasteiger partial charge is 0.324 e. The number of carbonyl (C=O) groups excluding carboxylic acids is 3. The van der Waals surface area contributed by atoms with E-state index in [1.54, 1.807) is 12.4 Å². The molecule has 0 spiro atoms. The normalized spacial score (nSPS) is 22.1. The molecule has 140 valence electrons. The monoisotopic (exact) mass is 385 g/mol. The maximum Gasteiger partial charge on any atom is 0.324 e. The molecule has 1 saturated heterocycles. The molecule has 8 nitrogen and oxygen atoms in total. The van der Waals surface area contributed by atoms with Gasteiger partial charge in [-0.05, 0) is 25.0 Å². The van der Waals surface area contributed by atoms with Crippen LogP contribution in [0.3, 0.4) is 0 Å². The minimum Gasteiger partial charge on any atom is -0.334 e. The number of nitrogens with one attached hydrogen (secondary N) is 2. The molecular formula is C18H19N5O3S. The summed E-state index contributed by atoms with van der Waals surface area (Å²) in [4.78, 5) is 46.6. The van der Waals surface area contributed by atoms with Gasteiger partial charge in [-0.1, -0.05) is 12.8 Å². The number of urea groups is 1. The topological polar surface area (TPSA) is 104 Å². The van der Waals surface area contributed by atoms with Crippen LogP contribution in [0.2, 0.25) is 0 Å². The van der Waals surface area contributed by atoms with Gasteiger partial charge < -0.3 is 10.6 Å². The number of aromatic nitrogens is 2. The van der Waals surface area contributed by atoms with Crippen LogP contribution in [0.15, 0.2) is 29.9 Å². The molecule has 1 saturated carbocycles. The lowest BCUT2D eigenvalue weighted by atomic mass is 9.82. The Bertz CT molecular complexity index is 869. The van der Waals surface area contributed by atoms with Gasteiger partial charge in [-0.15, -0.1) is 11.3 Å². The summed E-state index contributed by atoms with van der Waals surface area (Å²) in [6.45, 7) is -0.310. The average molecular weight is 385 g/mol. The van der Waals surface area contributed by atoms with Gasteiger partial charge in [-0.25, -0.2) is 9.78 Å². The van der Waals surface area contributed by atoms with Crippen molar-refractivity contribution in [1.29, 1.82) is 0 Å². The predicted octanol–water partition coefficient (Wildman–Crippen LogP) is 2.25. The van der Waals surface area contributed by atoms with Gasteiger partial charge in [0.2, 0.25) is 11.8 Å². The second-order valence-electron chi connectivity index (χ2n) is 6.70. The predicted molar refractivity (Wildman–Crippen MR) is 100.0 cm³/mol. The lowest BCUT2D eigenvalue weighted by Crippen LogP contribution is -2.61. The highest BCUT2D eigenvalue weighted by molar-refractivity contribution is 7.14. The summed E-state index contributed by atoms with van der Waals surface area (Å²) in [5.74, 6) is -0.921. The molecule has 3 heterocycles. The third-order valence-electron chi connectivity index (χ3n) is 4.91. The fourth-order valence-corrected chi connectivity index (χ4v) is 4.30. The van der Waals surface area contributed by atoms with Crippen molar-refractivity contribution in [3.63, 3.8) is 0 Å². The number of thiazole rings is 1. The van der Waals surface area contributed by atoms with E-state index in [0.717, 1.165) is 36.1 Å². The van der Waals surface area contributed by atoms with Crippen molar-refractivity contribution in [2.75, 3.05) is 11.9 Å². The zero-order valence-corrected chi connectivity index (χ0v) is 15.4. The molecule has 2 atom stereocenters. The van der Waals surface area contributed by atoms with Gasteiger partial charge in [0.05, 0.1) is 11.6 Å². The summed E-state index contributed by atoms with van der Waals surface area (Å²) >= 11 is 1.28. The van der Waals surface area contributed by atoms with Gasteiger partial charge in [0.15, 0.2) is 5.13 Å². The number of imide groups is 1. The molecule has 2 aromatic rings. The molecule has 1 aliphatic heterocycles. The second kappa shape index (κ2) is 7.43. The second-order valence-corrected chi connectivity index (χ2v) is 7.56. The van der Waals surface area contributed by atoms with Crippen molar-refractivity contribution in [3.8, 4) is 11.3 Å². The molecule has 0 radical (unpaired) electrons. The summed E-state index contributed by atoms with van der Waals surface area (Å²) < 4.78 is 0. The van der Waals surface area contributed by atoms with Gasteiger partial charge in [0.1, 0.15) is 6.54 Å². The third-order valence-corrected chi connectivity index (χ3v) is 5.67. The largest absolute Gasteiger partial charge is 0.334 e. The molecule has 4 rings (SSSR count). The zero-order valence-electron chi connectivity index (χ0n) is 14.6.